The molecule has 3 nitrogen and oxygen atoms in total. The predicted molar refractivity (Wildman–Crippen MR) is 87.7 cm³/mol. The van der Waals surface area contributed by atoms with Gasteiger partial charge in [-0.1, -0.05) is 20.3 Å². The molecule has 0 radical (unpaired) electrons. The summed E-state index contributed by atoms with van der Waals surface area (Å²) in [6, 6.07) is 2.78. The standard InChI is InChI=1S/C16H26BrN3/c1-5-12(2)15-9-19-16(3,4)11-20(15)10-13-6-14(17)8-18-7-13/h6-8,12,15,19H,5,9-11H2,1-4H3. The van der Waals surface area contributed by atoms with Crippen molar-refractivity contribution in [2.24, 2.45) is 5.92 Å². The van der Waals surface area contributed by atoms with E-state index in [1.807, 2.05) is 12.4 Å². The molecular formula is C16H26BrN3. The molecule has 1 aliphatic rings. The Balaban J connectivity index is 2.14. The van der Waals surface area contributed by atoms with Gasteiger partial charge in [-0.05, 0) is 47.3 Å². The maximum Gasteiger partial charge on any atom is 0.0410 e. The summed E-state index contributed by atoms with van der Waals surface area (Å²) in [5, 5.41) is 3.68. The first-order chi connectivity index (χ1) is 9.41. The molecule has 1 aliphatic heterocycles. The van der Waals surface area contributed by atoms with Crippen molar-refractivity contribution in [3.63, 3.8) is 0 Å². The summed E-state index contributed by atoms with van der Waals surface area (Å²) in [5.41, 5.74) is 1.47. The van der Waals surface area contributed by atoms with E-state index in [0.29, 0.717) is 12.0 Å². The van der Waals surface area contributed by atoms with Crippen molar-refractivity contribution in [3.05, 3.63) is 28.5 Å². The Morgan fingerprint density at radius 2 is 2.25 bits per heavy atom. The summed E-state index contributed by atoms with van der Waals surface area (Å²) in [6.45, 7) is 12.3. The van der Waals surface area contributed by atoms with Gasteiger partial charge < -0.3 is 5.32 Å². The van der Waals surface area contributed by atoms with Gasteiger partial charge in [0.05, 0.1) is 0 Å². The summed E-state index contributed by atoms with van der Waals surface area (Å²) in [7, 11) is 0. The first-order valence-corrected chi connectivity index (χ1v) is 8.29. The van der Waals surface area contributed by atoms with Crippen LogP contribution < -0.4 is 5.32 Å². The zero-order valence-electron chi connectivity index (χ0n) is 13.0. The van der Waals surface area contributed by atoms with E-state index in [0.717, 1.165) is 24.1 Å². The van der Waals surface area contributed by atoms with Crippen LogP contribution in [0.1, 0.15) is 39.7 Å². The highest BCUT2D eigenvalue weighted by molar-refractivity contribution is 9.10. The second kappa shape index (κ2) is 6.54. The summed E-state index contributed by atoms with van der Waals surface area (Å²) >= 11 is 3.51. The highest BCUT2D eigenvalue weighted by Crippen LogP contribution is 2.24. The van der Waals surface area contributed by atoms with Gasteiger partial charge in [-0.15, -0.1) is 0 Å². The fraction of sp³-hybridized carbons (Fsp3) is 0.688. The molecule has 4 heteroatoms. The average Bonchev–Trinajstić information content (AvgIpc) is 2.37. The van der Waals surface area contributed by atoms with Gasteiger partial charge in [0.15, 0.2) is 0 Å². The van der Waals surface area contributed by atoms with E-state index in [1.165, 1.54) is 12.0 Å². The fourth-order valence-electron chi connectivity index (χ4n) is 2.97. The Morgan fingerprint density at radius 1 is 1.50 bits per heavy atom. The Kier molecular flexibility index (Phi) is 5.21. The van der Waals surface area contributed by atoms with Crippen LogP contribution in [0.15, 0.2) is 22.9 Å². The quantitative estimate of drug-likeness (QED) is 0.910. The second-order valence-electron chi connectivity index (χ2n) is 6.63. The summed E-state index contributed by atoms with van der Waals surface area (Å²) in [5.74, 6) is 0.707. The number of nitrogens with one attached hydrogen (secondary N) is 1. The van der Waals surface area contributed by atoms with Gasteiger partial charge >= 0.3 is 0 Å². The lowest BCUT2D eigenvalue weighted by Crippen LogP contribution is -2.62. The number of nitrogens with zero attached hydrogens (tertiary/aromatic N) is 2. The molecule has 112 valence electrons. The lowest BCUT2D eigenvalue weighted by Gasteiger charge is -2.46. The molecule has 0 bridgehead atoms. The van der Waals surface area contributed by atoms with Gasteiger partial charge in [-0.25, -0.2) is 0 Å². The van der Waals surface area contributed by atoms with Crippen LogP contribution >= 0.6 is 15.9 Å². The van der Waals surface area contributed by atoms with Crippen molar-refractivity contribution in [1.29, 1.82) is 0 Å². The number of halogens is 1. The molecule has 1 saturated heterocycles. The minimum atomic E-state index is 0.184. The highest BCUT2D eigenvalue weighted by Gasteiger charge is 2.34. The number of pyridine rings is 1. The second-order valence-corrected chi connectivity index (χ2v) is 7.55. The van der Waals surface area contributed by atoms with Gasteiger partial charge in [0.1, 0.15) is 0 Å². The fourth-order valence-corrected chi connectivity index (χ4v) is 3.39. The summed E-state index contributed by atoms with van der Waals surface area (Å²) in [4.78, 5) is 6.91. The van der Waals surface area contributed by atoms with Crippen molar-refractivity contribution >= 4 is 15.9 Å². The van der Waals surface area contributed by atoms with Crippen molar-refractivity contribution in [2.75, 3.05) is 13.1 Å². The van der Waals surface area contributed by atoms with Gasteiger partial charge in [0, 0.05) is 48.1 Å². The predicted octanol–water partition coefficient (Wildman–Crippen LogP) is 3.44. The maximum absolute atomic E-state index is 4.29. The SMILES string of the molecule is CCC(C)C1CNC(C)(C)CN1Cc1cncc(Br)c1. The monoisotopic (exact) mass is 339 g/mol. The number of hydrogen-bond donors (Lipinski definition) is 1. The molecule has 2 unspecified atom stereocenters. The number of hydrogen-bond acceptors (Lipinski definition) is 3. The molecule has 1 aromatic rings. The van der Waals surface area contributed by atoms with E-state index in [2.05, 4.69) is 64.9 Å². The van der Waals surface area contributed by atoms with Crippen LogP contribution in [-0.4, -0.2) is 34.6 Å². The first-order valence-electron chi connectivity index (χ1n) is 7.50. The molecule has 1 N–H and O–H groups in total. The smallest absolute Gasteiger partial charge is 0.0410 e. The van der Waals surface area contributed by atoms with Crippen molar-refractivity contribution in [3.8, 4) is 0 Å². The van der Waals surface area contributed by atoms with Gasteiger partial charge in [-0.3, -0.25) is 9.88 Å². The third-order valence-electron chi connectivity index (χ3n) is 4.31. The Labute approximate surface area is 131 Å². The number of rotatable bonds is 4. The number of piperazine rings is 1. The van der Waals surface area contributed by atoms with Crippen molar-refractivity contribution < 1.29 is 0 Å². The Hall–Kier alpha value is -0.450. The zero-order valence-corrected chi connectivity index (χ0v) is 14.6. The minimum absolute atomic E-state index is 0.184. The summed E-state index contributed by atoms with van der Waals surface area (Å²) in [6.07, 6.45) is 5.05. The molecule has 1 fully saturated rings. The lowest BCUT2D eigenvalue weighted by atomic mass is 9.90. The van der Waals surface area contributed by atoms with Crippen LogP contribution in [0, 0.1) is 5.92 Å². The molecule has 20 heavy (non-hydrogen) atoms. The third-order valence-corrected chi connectivity index (χ3v) is 4.74. The third kappa shape index (κ3) is 4.03. The molecule has 2 heterocycles. The van der Waals surface area contributed by atoms with Gasteiger partial charge in [0.25, 0.3) is 0 Å². The Morgan fingerprint density at radius 3 is 2.90 bits per heavy atom. The van der Waals surface area contributed by atoms with Crippen LogP contribution in [0.4, 0.5) is 0 Å². The molecule has 0 aromatic carbocycles. The number of aromatic nitrogens is 1. The maximum atomic E-state index is 4.29. The van der Waals surface area contributed by atoms with E-state index in [9.17, 15) is 0 Å². The van der Waals surface area contributed by atoms with Crippen LogP contribution in [-0.2, 0) is 6.54 Å². The molecule has 0 saturated carbocycles. The molecule has 2 rings (SSSR count). The van der Waals surface area contributed by atoms with E-state index < -0.39 is 0 Å². The van der Waals surface area contributed by atoms with Crippen molar-refractivity contribution in [1.82, 2.24) is 15.2 Å². The van der Waals surface area contributed by atoms with E-state index in [4.69, 9.17) is 0 Å². The molecule has 0 aliphatic carbocycles. The first kappa shape index (κ1) is 15.9. The molecule has 0 spiro atoms. The van der Waals surface area contributed by atoms with E-state index >= 15 is 0 Å². The Bertz CT molecular complexity index is 447. The van der Waals surface area contributed by atoms with Gasteiger partial charge in [0.2, 0.25) is 0 Å². The van der Waals surface area contributed by atoms with Crippen molar-refractivity contribution in [2.45, 2.75) is 52.2 Å². The molecular weight excluding hydrogens is 314 g/mol. The average molecular weight is 340 g/mol. The highest BCUT2D eigenvalue weighted by atomic mass is 79.9. The largest absolute Gasteiger partial charge is 0.309 e. The van der Waals surface area contributed by atoms with Crippen LogP contribution in [0.5, 0.6) is 0 Å². The van der Waals surface area contributed by atoms with Crippen LogP contribution in [0.3, 0.4) is 0 Å². The molecule has 2 atom stereocenters. The normalized spacial score (nSPS) is 24.6. The van der Waals surface area contributed by atoms with Gasteiger partial charge in [-0.2, -0.15) is 0 Å². The zero-order chi connectivity index (χ0) is 14.8. The van der Waals surface area contributed by atoms with E-state index in [1.54, 1.807) is 0 Å². The molecule has 1 aromatic heterocycles. The van der Waals surface area contributed by atoms with E-state index in [-0.39, 0.29) is 5.54 Å². The lowest BCUT2D eigenvalue weighted by molar-refractivity contribution is 0.0570. The molecule has 0 amide bonds. The minimum Gasteiger partial charge on any atom is -0.309 e. The van der Waals surface area contributed by atoms with Crippen LogP contribution in [0.2, 0.25) is 0 Å². The summed E-state index contributed by atoms with van der Waals surface area (Å²) < 4.78 is 1.06. The topological polar surface area (TPSA) is 28.2 Å². The van der Waals surface area contributed by atoms with Crippen LogP contribution in [0.25, 0.3) is 0 Å².